The van der Waals surface area contributed by atoms with Crippen molar-refractivity contribution < 1.29 is 4.79 Å². The van der Waals surface area contributed by atoms with Crippen LogP contribution in [0.1, 0.15) is 6.42 Å². The molecule has 2 heterocycles. The van der Waals surface area contributed by atoms with E-state index >= 15 is 0 Å². The SMILES string of the molecule is CN(C(=O)CCn1ccnc1)C1CNC1.Cl.Cl. The molecule has 1 fully saturated rings. The smallest absolute Gasteiger partial charge is 0.224 e. The highest BCUT2D eigenvalue weighted by molar-refractivity contribution is 5.85. The standard InChI is InChI=1S/C10H16N4O.2ClH/c1-13(9-6-12-7-9)10(15)2-4-14-5-3-11-8-14;;/h3,5,8-9,12H,2,4,6-7H2,1H3;2*1H. The lowest BCUT2D eigenvalue weighted by Crippen LogP contribution is -2.57. The molecule has 98 valence electrons. The fraction of sp³-hybridized carbons (Fsp3) is 0.600. The highest BCUT2D eigenvalue weighted by Gasteiger charge is 2.24. The molecule has 1 aliphatic rings. The Morgan fingerprint density at radius 1 is 1.53 bits per heavy atom. The number of likely N-dealkylation sites (N-methyl/N-ethyl adjacent to an activating group) is 1. The Hall–Kier alpha value is -0.780. The van der Waals surface area contributed by atoms with Gasteiger partial charge in [0.15, 0.2) is 0 Å². The first-order valence-corrected chi connectivity index (χ1v) is 5.19. The monoisotopic (exact) mass is 280 g/mol. The summed E-state index contributed by atoms with van der Waals surface area (Å²) in [5, 5.41) is 3.16. The van der Waals surface area contributed by atoms with Gasteiger partial charge in [-0.2, -0.15) is 0 Å². The van der Waals surface area contributed by atoms with Crippen molar-refractivity contribution in [2.24, 2.45) is 0 Å². The van der Waals surface area contributed by atoms with Crippen molar-refractivity contribution in [2.75, 3.05) is 20.1 Å². The molecule has 1 N–H and O–H groups in total. The quantitative estimate of drug-likeness (QED) is 0.876. The normalized spacial score (nSPS) is 14.2. The molecule has 7 heteroatoms. The summed E-state index contributed by atoms with van der Waals surface area (Å²) in [7, 11) is 1.88. The van der Waals surface area contributed by atoms with E-state index in [1.54, 1.807) is 12.5 Å². The Bertz CT molecular complexity index is 327. The van der Waals surface area contributed by atoms with Crippen LogP contribution in [0, 0.1) is 0 Å². The van der Waals surface area contributed by atoms with Gasteiger partial charge < -0.3 is 14.8 Å². The third-order valence-corrected chi connectivity index (χ3v) is 2.84. The lowest BCUT2D eigenvalue weighted by Gasteiger charge is -2.35. The molecule has 0 spiro atoms. The molecule has 17 heavy (non-hydrogen) atoms. The van der Waals surface area contributed by atoms with Crippen LogP contribution < -0.4 is 5.32 Å². The van der Waals surface area contributed by atoms with Crippen LogP contribution >= 0.6 is 24.8 Å². The fourth-order valence-electron chi connectivity index (χ4n) is 1.57. The molecule has 0 bridgehead atoms. The number of halogens is 2. The Balaban J connectivity index is 0.00000128. The fourth-order valence-corrected chi connectivity index (χ4v) is 1.57. The van der Waals surface area contributed by atoms with Gasteiger partial charge in [-0.25, -0.2) is 4.98 Å². The summed E-state index contributed by atoms with van der Waals surface area (Å²) >= 11 is 0. The number of hydrogen-bond donors (Lipinski definition) is 1. The molecular formula is C10H18Cl2N4O. The minimum absolute atomic E-state index is 0. The van der Waals surface area contributed by atoms with Gasteiger partial charge in [-0.1, -0.05) is 0 Å². The number of nitrogens with zero attached hydrogens (tertiary/aromatic N) is 3. The second kappa shape index (κ2) is 7.53. The van der Waals surface area contributed by atoms with E-state index in [1.165, 1.54) is 0 Å². The number of aromatic nitrogens is 2. The van der Waals surface area contributed by atoms with Gasteiger partial charge in [-0.15, -0.1) is 24.8 Å². The number of aryl methyl sites for hydroxylation is 1. The van der Waals surface area contributed by atoms with Gasteiger partial charge >= 0.3 is 0 Å². The molecule has 1 aromatic rings. The Morgan fingerprint density at radius 2 is 2.24 bits per heavy atom. The second-order valence-electron chi connectivity index (χ2n) is 3.87. The van der Waals surface area contributed by atoms with Crippen LogP contribution in [0.3, 0.4) is 0 Å². The van der Waals surface area contributed by atoms with Crippen LogP contribution in [0.5, 0.6) is 0 Å². The van der Waals surface area contributed by atoms with Crippen LogP contribution in [0.2, 0.25) is 0 Å². The zero-order chi connectivity index (χ0) is 10.7. The van der Waals surface area contributed by atoms with Gasteiger partial charge in [0.1, 0.15) is 0 Å². The zero-order valence-electron chi connectivity index (χ0n) is 9.70. The Morgan fingerprint density at radius 3 is 2.71 bits per heavy atom. The molecule has 5 nitrogen and oxygen atoms in total. The predicted octanol–water partition coefficient (Wildman–Crippen LogP) is 0.547. The van der Waals surface area contributed by atoms with E-state index in [9.17, 15) is 4.79 Å². The van der Waals surface area contributed by atoms with Gasteiger partial charge in [0.25, 0.3) is 0 Å². The maximum atomic E-state index is 11.7. The average Bonchev–Trinajstić information content (AvgIpc) is 2.63. The van der Waals surface area contributed by atoms with Crippen LogP contribution in [-0.2, 0) is 11.3 Å². The minimum Gasteiger partial charge on any atom is -0.340 e. The lowest BCUT2D eigenvalue weighted by molar-refractivity contribution is -0.133. The van der Waals surface area contributed by atoms with E-state index in [-0.39, 0.29) is 30.7 Å². The highest BCUT2D eigenvalue weighted by atomic mass is 35.5. The summed E-state index contributed by atoms with van der Waals surface area (Å²) < 4.78 is 1.92. The van der Waals surface area contributed by atoms with Crippen molar-refractivity contribution in [1.29, 1.82) is 0 Å². The van der Waals surface area contributed by atoms with Crippen molar-refractivity contribution >= 4 is 30.7 Å². The van der Waals surface area contributed by atoms with E-state index in [1.807, 2.05) is 22.7 Å². The molecule has 2 rings (SSSR count). The van der Waals surface area contributed by atoms with Crippen molar-refractivity contribution in [1.82, 2.24) is 19.8 Å². The van der Waals surface area contributed by atoms with E-state index in [0.29, 0.717) is 19.0 Å². The van der Waals surface area contributed by atoms with Crippen molar-refractivity contribution in [3.8, 4) is 0 Å². The van der Waals surface area contributed by atoms with Gasteiger partial charge in [0.2, 0.25) is 5.91 Å². The largest absolute Gasteiger partial charge is 0.340 e. The third kappa shape index (κ3) is 4.18. The first-order chi connectivity index (χ1) is 7.27. The molecule has 0 aliphatic carbocycles. The first-order valence-electron chi connectivity index (χ1n) is 5.19. The minimum atomic E-state index is 0. The number of carbonyl (C=O) groups is 1. The number of nitrogens with one attached hydrogen (secondary N) is 1. The molecule has 0 atom stereocenters. The number of imidazole rings is 1. The van der Waals surface area contributed by atoms with Crippen LogP contribution in [-0.4, -0.2) is 46.5 Å². The summed E-state index contributed by atoms with van der Waals surface area (Å²) in [6.45, 7) is 2.56. The number of carbonyl (C=O) groups excluding carboxylic acids is 1. The molecule has 1 aromatic heterocycles. The number of rotatable bonds is 4. The second-order valence-corrected chi connectivity index (χ2v) is 3.87. The molecular weight excluding hydrogens is 263 g/mol. The van der Waals surface area contributed by atoms with Crippen LogP contribution in [0.15, 0.2) is 18.7 Å². The summed E-state index contributed by atoms with van der Waals surface area (Å²) in [6, 6.07) is 0.389. The van der Waals surface area contributed by atoms with Gasteiger partial charge in [-0.3, -0.25) is 4.79 Å². The van der Waals surface area contributed by atoms with E-state index < -0.39 is 0 Å². The first kappa shape index (κ1) is 16.2. The molecule has 0 unspecified atom stereocenters. The van der Waals surface area contributed by atoms with Gasteiger partial charge in [0, 0.05) is 45.5 Å². The summed E-state index contributed by atoms with van der Waals surface area (Å²) in [6.07, 6.45) is 5.88. The predicted molar refractivity (Wildman–Crippen MR) is 70.8 cm³/mol. The lowest BCUT2D eigenvalue weighted by atomic mass is 10.1. The highest BCUT2D eigenvalue weighted by Crippen LogP contribution is 2.04. The van der Waals surface area contributed by atoms with E-state index in [4.69, 9.17) is 0 Å². The van der Waals surface area contributed by atoms with Crippen LogP contribution in [0.4, 0.5) is 0 Å². The maximum absolute atomic E-state index is 11.7. The van der Waals surface area contributed by atoms with Crippen molar-refractivity contribution in [3.05, 3.63) is 18.7 Å². The average molecular weight is 281 g/mol. The topological polar surface area (TPSA) is 50.2 Å². The molecule has 0 radical (unpaired) electrons. The molecule has 1 amide bonds. The Kier molecular flexibility index (Phi) is 7.18. The van der Waals surface area contributed by atoms with Gasteiger partial charge in [-0.05, 0) is 0 Å². The Labute approximate surface area is 113 Å². The molecule has 1 aliphatic heterocycles. The summed E-state index contributed by atoms with van der Waals surface area (Å²) in [5.74, 6) is 0.204. The summed E-state index contributed by atoms with van der Waals surface area (Å²) in [4.78, 5) is 17.5. The maximum Gasteiger partial charge on any atom is 0.224 e. The van der Waals surface area contributed by atoms with Crippen molar-refractivity contribution in [2.45, 2.75) is 19.0 Å². The molecule has 0 aromatic carbocycles. The zero-order valence-corrected chi connectivity index (χ0v) is 11.3. The summed E-state index contributed by atoms with van der Waals surface area (Å²) in [5.41, 5.74) is 0. The van der Waals surface area contributed by atoms with E-state index in [2.05, 4.69) is 10.3 Å². The van der Waals surface area contributed by atoms with E-state index in [0.717, 1.165) is 13.1 Å². The van der Waals surface area contributed by atoms with Crippen molar-refractivity contribution in [3.63, 3.8) is 0 Å². The molecule has 0 saturated carbocycles. The third-order valence-electron chi connectivity index (χ3n) is 2.84. The van der Waals surface area contributed by atoms with Gasteiger partial charge in [0.05, 0.1) is 12.4 Å². The molecule has 1 saturated heterocycles. The van der Waals surface area contributed by atoms with Crippen LogP contribution in [0.25, 0.3) is 0 Å². The number of amides is 1. The number of hydrogen-bond acceptors (Lipinski definition) is 3.